The lowest BCUT2D eigenvalue weighted by Crippen LogP contribution is -1.98. The topological polar surface area (TPSA) is 104 Å². The number of halogens is 2. The van der Waals surface area contributed by atoms with Crippen LogP contribution in [0, 0.1) is 15.9 Å². The first kappa shape index (κ1) is 13.1. The van der Waals surface area contributed by atoms with E-state index in [1.54, 1.807) is 0 Å². The quantitative estimate of drug-likeness (QED) is 0.686. The van der Waals surface area contributed by atoms with E-state index in [1.165, 1.54) is 12.4 Å². The Hall–Kier alpha value is -2.29. The van der Waals surface area contributed by atoms with Crippen molar-refractivity contribution in [3.8, 4) is 11.6 Å². The van der Waals surface area contributed by atoms with E-state index < -0.39 is 16.4 Å². The molecule has 0 saturated heterocycles. The van der Waals surface area contributed by atoms with Gasteiger partial charge in [0, 0.05) is 12.1 Å². The molecule has 1 heterocycles. The number of rotatable bonds is 3. The predicted octanol–water partition coefficient (Wildman–Crippen LogP) is 2.66. The number of nitrogen functional groups attached to an aromatic ring is 1. The number of ether oxygens (including phenoxy) is 1. The summed E-state index contributed by atoms with van der Waals surface area (Å²) < 4.78 is 18.5. The zero-order valence-electron chi connectivity index (χ0n) is 9.21. The molecule has 0 aliphatic heterocycles. The van der Waals surface area contributed by atoms with Gasteiger partial charge in [-0.3, -0.25) is 10.1 Å². The van der Waals surface area contributed by atoms with E-state index in [1.807, 2.05) is 0 Å². The van der Waals surface area contributed by atoms with Crippen LogP contribution >= 0.6 is 15.9 Å². The summed E-state index contributed by atoms with van der Waals surface area (Å²) in [6, 6.07) is 1.90. The summed E-state index contributed by atoms with van der Waals surface area (Å²) in [5.74, 6) is -0.823. The highest BCUT2D eigenvalue weighted by Gasteiger charge is 2.20. The van der Waals surface area contributed by atoms with Crippen molar-refractivity contribution in [2.75, 3.05) is 5.73 Å². The Bertz CT molecular complexity index is 635. The zero-order valence-corrected chi connectivity index (χ0v) is 10.8. The third-order valence-electron chi connectivity index (χ3n) is 2.06. The van der Waals surface area contributed by atoms with Crippen LogP contribution in [0.15, 0.2) is 29.0 Å². The van der Waals surface area contributed by atoms with Crippen LogP contribution in [0.4, 0.5) is 15.9 Å². The molecule has 2 rings (SSSR count). The van der Waals surface area contributed by atoms with Crippen LogP contribution in [0.3, 0.4) is 0 Å². The summed E-state index contributed by atoms with van der Waals surface area (Å²) >= 11 is 2.86. The second-order valence-electron chi connectivity index (χ2n) is 3.37. The highest BCUT2D eigenvalue weighted by Crippen LogP contribution is 2.34. The Kier molecular flexibility index (Phi) is 3.56. The van der Waals surface area contributed by atoms with Gasteiger partial charge in [0.15, 0.2) is 0 Å². The van der Waals surface area contributed by atoms with Gasteiger partial charge in [0.25, 0.3) is 0 Å². The lowest BCUT2D eigenvalue weighted by molar-refractivity contribution is -0.385. The number of nitrogens with two attached hydrogens (primary N) is 1. The van der Waals surface area contributed by atoms with E-state index in [0.29, 0.717) is 0 Å². The molecule has 1 aromatic heterocycles. The average Bonchev–Trinajstić information content (AvgIpc) is 2.36. The summed E-state index contributed by atoms with van der Waals surface area (Å²) in [5.41, 5.74) is 4.94. The molecule has 2 N–H and O–H groups in total. The number of hydrogen-bond acceptors (Lipinski definition) is 6. The Labute approximate surface area is 114 Å². The Balaban J connectivity index is 2.41. The van der Waals surface area contributed by atoms with Crippen molar-refractivity contribution >= 4 is 27.4 Å². The molecule has 0 aliphatic carbocycles. The molecular weight excluding hydrogens is 323 g/mol. The predicted molar refractivity (Wildman–Crippen MR) is 67.3 cm³/mol. The third kappa shape index (κ3) is 2.94. The zero-order chi connectivity index (χ0) is 14.0. The van der Waals surface area contributed by atoms with Crippen molar-refractivity contribution in [1.82, 2.24) is 9.97 Å². The number of hydrogen-bond donors (Lipinski definition) is 1. The van der Waals surface area contributed by atoms with E-state index in [-0.39, 0.29) is 21.9 Å². The maximum absolute atomic E-state index is 13.4. The molecule has 0 spiro atoms. The van der Waals surface area contributed by atoms with Crippen LogP contribution in [-0.2, 0) is 0 Å². The van der Waals surface area contributed by atoms with Gasteiger partial charge >= 0.3 is 5.69 Å². The largest absolute Gasteiger partial charge is 0.430 e. The lowest BCUT2D eigenvalue weighted by atomic mass is 10.3. The van der Waals surface area contributed by atoms with Gasteiger partial charge in [-0.05, 0) is 15.9 Å². The maximum Gasteiger partial charge on any atom is 0.312 e. The smallest absolute Gasteiger partial charge is 0.312 e. The molecule has 0 fully saturated rings. The highest BCUT2D eigenvalue weighted by atomic mass is 79.9. The molecule has 2 aromatic rings. The second-order valence-corrected chi connectivity index (χ2v) is 4.23. The van der Waals surface area contributed by atoms with Gasteiger partial charge in [-0.25, -0.2) is 14.4 Å². The third-order valence-corrected chi connectivity index (χ3v) is 2.67. The Morgan fingerprint density at radius 3 is 2.68 bits per heavy atom. The van der Waals surface area contributed by atoms with Gasteiger partial charge in [0.1, 0.15) is 11.6 Å². The fourth-order valence-corrected chi connectivity index (χ4v) is 1.57. The molecule has 9 heteroatoms. The molecular formula is C10H6BrFN4O3. The van der Waals surface area contributed by atoms with Gasteiger partial charge < -0.3 is 10.5 Å². The van der Waals surface area contributed by atoms with Gasteiger partial charge in [0.05, 0.1) is 21.8 Å². The minimum Gasteiger partial charge on any atom is -0.430 e. The molecule has 1 aromatic carbocycles. The lowest BCUT2D eigenvalue weighted by Gasteiger charge is -2.06. The molecule has 0 saturated carbocycles. The first-order valence-corrected chi connectivity index (χ1v) is 5.65. The average molecular weight is 329 g/mol. The summed E-state index contributed by atoms with van der Waals surface area (Å²) in [6.07, 6.45) is 2.40. The number of anilines is 1. The molecule has 7 nitrogen and oxygen atoms in total. The first-order chi connectivity index (χ1) is 8.97. The summed E-state index contributed by atoms with van der Waals surface area (Å²) in [5, 5.41) is 10.9. The van der Waals surface area contributed by atoms with Crippen LogP contribution in [0.25, 0.3) is 0 Å². The van der Waals surface area contributed by atoms with Crippen LogP contribution in [0.1, 0.15) is 0 Å². The summed E-state index contributed by atoms with van der Waals surface area (Å²) in [7, 11) is 0. The number of benzene rings is 1. The minimum absolute atomic E-state index is 0.0287. The Morgan fingerprint density at radius 1 is 1.37 bits per heavy atom. The summed E-state index contributed by atoms with van der Waals surface area (Å²) in [4.78, 5) is 17.6. The maximum atomic E-state index is 13.4. The van der Waals surface area contributed by atoms with E-state index in [9.17, 15) is 14.5 Å². The van der Waals surface area contributed by atoms with Crippen molar-refractivity contribution in [2.24, 2.45) is 0 Å². The number of nitro benzene ring substituents is 1. The minimum atomic E-state index is -0.691. The van der Waals surface area contributed by atoms with E-state index >= 15 is 0 Å². The SMILES string of the molecule is Nc1cnc(Oc2cc(F)c(Br)cc2[N+](=O)[O-])cn1. The van der Waals surface area contributed by atoms with Crippen molar-refractivity contribution in [2.45, 2.75) is 0 Å². The van der Waals surface area contributed by atoms with Crippen LogP contribution in [0.2, 0.25) is 0 Å². The highest BCUT2D eigenvalue weighted by molar-refractivity contribution is 9.10. The van der Waals surface area contributed by atoms with Gasteiger partial charge in [-0.15, -0.1) is 0 Å². The molecule has 0 atom stereocenters. The number of nitrogens with zero attached hydrogens (tertiary/aromatic N) is 3. The summed E-state index contributed by atoms with van der Waals surface area (Å²) in [6.45, 7) is 0. The van der Waals surface area contributed by atoms with Gasteiger partial charge in [-0.1, -0.05) is 0 Å². The fraction of sp³-hybridized carbons (Fsp3) is 0. The van der Waals surface area contributed by atoms with Crippen LogP contribution < -0.4 is 10.5 Å². The van der Waals surface area contributed by atoms with Crippen LogP contribution in [0.5, 0.6) is 11.6 Å². The van der Waals surface area contributed by atoms with Crippen molar-refractivity contribution in [3.05, 3.63) is 44.9 Å². The molecule has 19 heavy (non-hydrogen) atoms. The molecule has 0 bridgehead atoms. The fourth-order valence-electron chi connectivity index (χ4n) is 1.23. The molecule has 0 radical (unpaired) electrons. The monoisotopic (exact) mass is 328 g/mol. The molecule has 0 amide bonds. The molecule has 0 aliphatic rings. The standard InChI is InChI=1S/C10H6BrFN4O3/c11-5-1-7(16(17)18)8(2-6(5)12)19-10-4-14-9(13)3-15-10/h1-4H,(H2,13,14). The van der Waals surface area contributed by atoms with E-state index in [0.717, 1.165) is 12.1 Å². The molecule has 0 unspecified atom stereocenters. The van der Waals surface area contributed by atoms with Crippen LogP contribution in [-0.4, -0.2) is 14.9 Å². The number of nitro groups is 1. The second kappa shape index (κ2) is 5.14. The molecule has 98 valence electrons. The van der Waals surface area contributed by atoms with Crippen molar-refractivity contribution in [1.29, 1.82) is 0 Å². The van der Waals surface area contributed by atoms with E-state index in [2.05, 4.69) is 25.9 Å². The first-order valence-electron chi connectivity index (χ1n) is 4.86. The van der Waals surface area contributed by atoms with Crippen molar-refractivity contribution < 1.29 is 14.1 Å². The number of aromatic nitrogens is 2. The van der Waals surface area contributed by atoms with E-state index in [4.69, 9.17) is 10.5 Å². The Morgan fingerprint density at radius 2 is 2.11 bits per heavy atom. The van der Waals surface area contributed by atoms with Crippen molar-refractivity contribution in [3.63, 3.8) is 0 Å². The van der Waals surface area contributed by atoms with Gasteiger partial charge in [-0.2, -0.15) is 0 Å². The van der Waals surface area contributed by atoms with Gasteiger partial charge in [0.2, 0.25) is 11.6 Å². The normalized spacial score (nSPS) is 10.2.